The maximum Gasteiger partial charge on any atom is 0.338 e. The molecule has 1 saturated carbocycles. The molecule has 8 heteroatoms. The molecule has 0 spiro atoms. The van der Waals surface area contributed by atoms with Crippen LogP contribution in [0.5, 0.6) is 0 Å². The number of carbonyl (C=O) groups is 2. The third-order valence-corrected chi connectivity index (χ3v) is 5.46. The molecule has 0 heterocycles. The molecule has 0 N–H and O–H groups in total. The highest BCUT2D eigenvalue weighted by molar-refractivity contribution is 5.98. The molecule has 0 radical (unpaired) electrons. The molecule has 0 unspecified atom stereocenters. The molecule has 164 valence electrons. The molecule has 31 heavy (non-hydrogen) atoms. The standard InChI is InChI=1S/C23H27N3O5/c1-24(2)20-14-13-17(15-21(20)26(29)30)23(28)31-16-22(27)25(18-9-5-3-6-10-18)19-11-7-4-8-12-19/h3,5-6,9-10,13-15,19H,4,7-8,11-12,16H2,1-2H3. The fraction of sp³-hybridized carbons (Fsp3) is 0.391. The fourth-order valence-electron chi connectivity index (χ4n) is 3.94. The van der Waals surface area contributed by atoms with Crippen LogP contribution in [0, 0.1) is 10.1 Å². The van der Waals surface area contributed by atoms with E-state index in [1.165, 1.54) is 18.2 Å². The number of para-hydroxylation sites is 1. The molecule has 0 aromatic heterocycles. The van der Waals surface area contributed by atoms with Crippen molar-refractivity contribution >= 4 is 28.9 Å². The number of nitro groups is 1. The Hall–Kier alpha value is -3.42. The molecule has 1 aliphatic rings. The van der Waals surface area contributed by atoms with Gasteiger partial charge in [0.2, 0.25) is 0 Å². The summed E-state index contributed by atoms with van der Waals surface area (Å²) in [6, 6.07) is 13.6. The van der Waals surface area contributed by atoms with Gasteiger partial charge in [0, 0.05) is 31.9 Å². The highest BCUT2D eigenvalue weighted by Gasteiger charge is 2.28. The van der Waals surface area contributed by atoms with Crippen LogP contribution in [0.4, 0.5) is 17.1 Å². The Balaban J connectivity index is 1.74. The predicted octanol–water partition coefficient (Wildman–Crippen LogP) is 4.18. The van der Waals surface area contributed by atoms with E-state index in [4.69, 9.17) is 4.74 Å². The normalized spacial score (nSPS) is 14.0. The van der Waals surface area contributed by atoms with Gasteiger partial charge in [0.25, 0.3) is 11.6 Å². The Labute approximate surface area is 181 Å². The molecular weight excluding hydrogens is 398 g/mol. The minimum Gasteiger partial charge on any atom is -0.452 e. The Bertz CT molecular complexity index is 939. The summed E-state index contributed by atoms with van der Waals surface area (Å²) >= 11 is 0. The van der Waals surface area contributed by atoms with Crippen LogP contribution in [-0.2, 0) is 9.53 Å². The number of amides is 1. The SMILES string of the molecule is CN(C)c1ccc(C(=O)OCC(=O)N(c2ccccc2)C2CCCCC2)cc1[N+](=O)[O-]. The second-order valence-electron chi connectivity index (χ2n) is 7.82. The Kier molecular flexibility index (Phi) is 7.23. The van der Waals surface area contributed by atoms with Crippen LogP contribution in [0.2, 0.25) is 0 Å². The van der Waals surface area contributed by atoms with E-state index in [9.17, 15) is 19.7 Å². The van der Waals surface area contributed by atoms with Crippen molar-refractivity contribution in [3.8, 4) is 0 Å². The number of nitro benzene ring substituents is 1. The summed E-state index contributed by atoms with van der Waals surface area (Å²) in [4.78, 5) is 39.7. The molecule has 2 aromatic carbocycles. The van der Waals surface area contributed by atoms with E-state index in [1.807, 2.05) is 30.3 Å². The van der Waals surface area contributed by atoms with E-state index in [2.05, 4.69) is 0 Å². The van der Waals surface area contributed by atoms with Crippen LogP contribution < -0.4 is 9.80 Å². The first-order chi connectivity index (χ1) is 14.9. The third kappa shape index (κ3) is 5.39. The van der Waals surface area contributed by atoms with E-state index in [1.54, 1.807) is 23.9 Å². The van der Waals surface area contributed by atoms with Crippen LogP contribution >= 0.6 is 0 Å². The summed E-state index contributed by atoms with van der Waals surface area (Å²) in [5.41, 5.74) is 1.000. The van der Waals surface area contributed by atoms with E-state index in [-0.39, 0.29) is 23.2 Å². The van der Waals surface area contributed by atoms with Crippen LogP contribution in [-0.4, -0.2) is 43.5 Å². The van der Waals surface area contributed by atoms with Crippen LogP contribution in [0.15, 0.2) is 48.5 Å². The van der Waals surface area contributed by atoms with Gasteiger partial charge in [-0.1, -0.05) is 37.5 Å². The number of esters is 1. The molecule has 8 nitrogen and oxygen atoms in total. The fourth-order valence-corrected chi connectivity index (χ4v) is 3.94. The quantitative estimate of drug-likeness (QED) is 0.375. The molecule has 3 rings (SSSR count). The number of anilines is 2. The van der Waals surface area contributed by atoms with Crippen molar-refractivity contribution in [2.24, 2.45) is 0 Å². The number of rotatable bonds is 7. The molecule has 2 aromatic rings. The number of hydrogen-bond donors (Lipinski definition) is 0. The average Bonchev–Trinajstić information content (AvgIpc) is 2.78. The van der Waals surface area contributed by atoms with Crippen LogP contribution in [0.25, 0.3) is 0 Å². The van der Waals surface area contributed by atoms with E-state index in [0.29, 0.717) is 5.69 Å². The van der Waals surface area contributed by atoms with Crippen LogP contribution in [0.1, 0.15) is 42.5 Å². The van der Waals surface area contributed by atoms with E-state index < -0.39 is 17.5 Å². The maximum absolute atomic E-state index is 13.0. The van der Waals surface area contributed by atoms with Gasteiger partial charge in [-0.15, -0.1) is 0 Å². The predicted molar refractivity (Wildman–Crippen MR) is 119 cm³/mol. The van der Waals surface area contributed by atoms with Gasteiger partial charge in [-0.25, -0.2) is 4.79 Å². The minimum absolute atomic E-state index is 0.0361. The second-order valence-corrected chi connectivity index (χ2v) is 7.82. The molecular formula is C23H27N3O5. The van der Waals surface area contributed by atoms with Crippen molar-refractivity contribution in [2.75, 3.05) is 30.5 Å². The van der Waals surface area contributed by atoms with Crippen molar-refractivity contribution < 1.29 is 19.2 Å². The molecule has 1 aliphatic carbocycles. The highest BCUT2D eigenvalue weighted by atomic mass is 16.6. The van der Waals surface area contributed by atoms with Gasteiger partial charge in [-0.05, 0) is 37.1 Å². The molecule has 1 amide bonds. The van der Waals surface area contributed by atoms with E-state index >= 15 is 0 Å². The minimum atomic E-state index is -0.765. The molecule has 0 atom stereocenters. The molecule has 0 aliphatic heterocycles. The van der Waals surface area contributed by atoms with Crippen molar-refractivity contribution in [1.29, 1.82) is 0 Å². The van der Waals surface area contributed by atoms with Crippen molar-refractivity contribution in [3.63, 3.8) is 0 Å². The first kappa shape index (κ1) is 22.3. The van der Waals surface area contributed by atoms with Crippen molar-refractivity contribution in [2.45, 2.75) is 38.1 Å². The van der Waals surface area contributed by atoms with Gasteiger partial charge in [-0.3, -0.25) is 14.9 Å². The lowest BCUT2D eigenvalue weighted by molar-refractivity contribution is -0.384. The Morgan fingerprint density at radius 2 is 1.74 bits per heavy atom. The smallest absolute Gasteiger partial charge is 0.338 e. The van der Waals surface area contributed by atoms with Gasteiger partial charge in [0.15, 0.2) is 6.61 Å². The summed E-state index contributed by atoms with van der Waals surface area (Å²) in [5.74, 6) is -1.07. The lowest BCUT2D eigenvalue weighted by Gasteiger charge is -2.34. The molecule has 0 saturated heterocycles. The highest BCUT2D eigenvalue weighted by Crippen LogP contribution is 2.29. The number of ether oxygens (including phenoxy) is 1. The monoisotopic (exact) mass is 425 g/mol. The zero-order valence-corrected chi connectivity index (χ0v) is 17.8. The number of carbonyl (C=O) groups excluding carboxylic acids is 2. The lowest BCUT2D eigenvalue weighted by Crippen LogP contribution is -2.43. The second kappa shape index (κ2) is 10.1. The maximum atomic E-state index is 13.0. The topological polar surface area (TPSA) is 93.0 Å². The van der Waals surface area contributed by atoms with Crippen molar-refractivity contribution in [1.82, 2.24) is 0 Å². The third-order valence-electron chi connectivity index (χ3n) is 5.46. The van der Waals surface area contributed by atoms with Gasteiger partial charge < -0.3 is 14.5 Å². The first-order valence-corrected chi connectivity index (χ1v) is 10.4. The molecule has 1 fully saturated rings. The van der Waals surface area contributed by atoms with Crippen LogP contribution in [0.3, 0.4) is 0 Å². The summed E-state index contributed by atoms with van der Waals surface area (Å²) in [5, 5.41) is 11.4. The average molecular weight is 425 g/mol. The summed E-state index contributed by atoms with van der Waals surface area (Å²) in [7, 11) is 3.37. The van der Waals surface area contributed by atoms with E-state index in [0.717, 1.165) is 37.8 Å². The summed E-state index contributed by atoms with van der Waals surface area (Å²) in [6.45, 7) is -0.423. The van der Waals surface area contributed by atoms with Crippen molar-refractivity contribution in [3.05, 3.63) is 64.2 Å². The van der Waals surface area contributed by atoms with Gasteiger partial charge >= 0.3 is 5.97 Å². The number of nitrogens with zero attached hydrogens (tertiary/aromatic N) is 3. The zero-order valence-electron chi connectivity index (χ0n) is 17.8. The van der Waals surface area contributed by atoms with Gasteiger partial charge in [-0.2, -0.15) is 0 Å². The summed E-state index contributed by atoms with van der Waals surface area (Å²) < 4.78 is 5.25. The van der Waals surface area contributed by atoms with Gasteiger partial charge in [0.1, 0.15) is 5.69 Å². The largest absolute Gasteiger partial charge is 0.452 e. The number of benzene rings is 2. The van der Waals surface area contributed by atoms with Gasteiger partial charge in [0.05, 0.1) is 10.5 Å². The lowest BCUT2D eigenvalue weighted by atomic mass is 9.93. The zero-order chi connectivity index (χ0) is 22.4. The first-order valence-electron chi connectivity index (χ1n) is 10.4. The Morgan fingerprint density at radius 3 is 2.35 bits per heavy atom. The Morgan fingerprint density at radius 1 is 1.06 bits per heavy atom. The number of hydrogen-bond acceptors (Lipinski definition) is 6. The molecule has 0 bridgehead atoms. The summed E-state index contributed by atoms with van der Waals surface area (Å²) in [6.07, 6.45) is 5.09.